The highest BCUT2D eigenvalue weighted by Crippen LogP contribution is 2.22. The molecule has 5 nitrogen and oxygen atoms in total. The first-order valence-corrected chi connectivity index (χ1v) is 7.23. The molecule has 0 radical (unpaired) electrons. The van der Waals surface area contributed by atoms with E-state index in [-0.39, 0.29) is 6.10 Å². The monoisotopic (exact) mass is 272 g/mol. The number of nitrogens with zero attached hydrogens (tertiary/aromatic N) is 3. The van der Waals surface area contributed by atoms with Crippen molar-refractivity contribution >= 4 is 5.82 Å². The van der Waals surface area contributed by atoms with Crippen LogP contribution < -0.4 is 5.32 Å². The highest BCUT2D eigenvalue weighted by molar-refractivity contribution is 5.44. The van der Waals surface area contributed by atoms with Gasteiger partial charge in [-0.05, 0) is 38.4 Å². The van der Waals surface area contributed by atoms with Crippen LogP contribution in [-0.4, -0.2) is 48.3 Å². The lowest BCUT2D eigenvalue weighted by Crippen LogP contribution is -2.48. The Bertz CT molecular complexity index is 525. The van der Waals surface area contributed by atoms with Crippen LogP contribution in [0.1, 0.15) is 24.1 Å². The van der Waals surface area contributed by atoms with Crippen LogP contribution in [0.4, 0.5) is 5.82 Å². The van der Waals surface area contributed by atoms with Crippen molar-refractivity contribution in [1.82, 2.24) is 9.88 Å². The molecule has 3 rings (SSSR count). The zero-order valence-corrected chi connectivity index (χ0v) is 11.8. The number of morpholine rings is 1. The van der Waals surface area contributed by atoms with Crippen molar-refractivity contribution in [3.63, 3.8) is 0 Å². The summed E-state index contributed by atoms with van der Waals surface area (Å²) in [5.74, 6) is 0.758. The van der Waals surface area contributed by atoms with Crippen LogP contribution in [0.15, 0.2) is 12.1 Å². The molecule has 1 aromatic rings. The van der Waals surface area contributed by atoms with Crippen molar-refractivity contribution in [2.45, 2.75) is 31.9 Å². The number of nitriles is 1. The van der Waals surface area contributed by atoms with Gasteiger partial charge >= 0.3 is 0 Å². The summed E-state index contributed by atoms with van der Waals surface area (Å²) >= 11 is 0. The summed E-state index contributed by atoms with van der Waals surface area (Å²) in [6.45, 7) is 5.68. The third-order valence-electron chi connectivity index (χ3n) is 4.05. The van der Waals surface area contributed by atoms with Gasteiger partial charge in [0.25, 0.3) is 0 Å². The van der Waals surface area contributed by atoms with Crippen LogP contribution in [0.5, 0.6) is 0 Å². The van der Waals surface area contributed by atoms with Gasteiger partial charge in [-0.2, -0.15) is 5.26 Å². The molecule has 0 saturated carbocycles. The molecule has 20 heavy (non-hydrogen) atoms. The van der Waals surface area contributed by atoms with E-state index in [1.54, 1.807) is 12.1 Å². The normalized spacial score (nSPS) is 26.0. The van der Waals surface area contributed by atoms with E-state index in [2.05, 4.69) is 21.3 Å². The molecular weight excluding hydrogens is 252 g/mol. The minimum absolute atomic E-state index is 0.206. The maximum Gasteiger partial charge on any atom is 0.127 e. The van der Waals surface area contributed by atoms with E-state index in [0.29, 0.717) is 11.6 Å². The second kappa shape index (κ2) is 5.78. The van der Waals surface area contributed by atoms with Crippen LogP contribution in [0.25, 0.3) is 0 Å². The summed E-state index contributed by atoms with van der Waals surface area (Å²) < 4.78 is 5.90. The second-order valence-electron chi connectivity index (χ2n) is 5.62. The molecule has 2 atom stereocenters. The van der Waals surface area contributed by atoms with Gasteiger partial charge in [-0.25, -0.2) is 4.98 Å². The van der Waals surface area contributed by atoms with E-state index >= 15 is 0 Å². The molecule has 2 unspecified atom stereocenters. The van der Waals surface area contributed by atoms with E-state index in [4.69, 9.17) is 10.00 Å². The fraction of sp³-hybridized carbons (Fsp3) is 0.600. The molecule has 0 spiro atoms. The van der Waals surface area contributed by atoms with Gasteiger partial charge in [0.1, 0.15) is 5.82 Å². The van der Waals surface area contributed by atoms with E-state index in [1.807, 2.05) is 6.92 Å². The van der Waals surface area contributed by atoms with E-state index in [9.17, 15) is 0 Å². The van der Waals surface area contributed by atoms with E-state index in [1.165, 1.54) is 19.4 Å². The number of nitrogens with one attached hydrogen (secondary N) is 1. The summed E-state index contributed by atoms with van der Waals surface area (Å²) in [5.41, 5.74) is 1.50. The molecule has 5 heteroatoms. The highest BCUT2D eigenvalue weighted by Gasteiger charge is 2.31. The van der Waals surface area contributed by atoms with Crippen molar-refractivity contribution in [1.29, 1.82) is 5.26 Å². The number of rotatable bonds is 3. The van der Waals surface area contributed by atoms with Gasteiger partial charge in [0.05, 0.1) is 24.3 Å². The lowest BCUT2D eigenvalue weighted by Gasteiger charge is -2.35. The van der Waals surface area contributed by atoms with Crippen molar-refractivity contribution in [3.8, 4) is 6.07 Å². The Morgan fingerprint density at radius 3 is 3.30 bits per heavy atom. The maximum atomic E-state index is 8.97. The Hall–Kier alpha value is -1.64. The van der Waals surface area contributed by atoms with Crippen LogP contribution >= 0.6 is 0 Å². The molecule has 0 aliphatic carbocycles. The molecule has 0 aromatic carbocycles. The first-order valence-electron chi connectivity index (χ1n) is 7.23. The molecule has 2 fully saturated rings. The van der Waals surface area contributed by atoms with Crippen molar-refractivity contribution < 1.29 is 4.74 Å². The number of ether oxygens (including phenoxy) is 1. The number of aromatic nitrogens is 1. The van der Waals surface area contributed by atoms with Gasteiger partial charge in [0.2, 0.25) is 0 Å². The Morgan fingerprint density at radius 2 is 2.45 bits per heavy atom. The number of pyridine rings is 1. The first kappa shape index (κ1) is 13.3. The molecule has 1 aromatic heterocycles. The maximum absolute atomic E-state index is 8.97. The molecule has 0 bridgehead atoms. The summed E-state index contributed by atoms with van der Waals surface area (Å²) in [6, 6.07) is 6.36. The summed E-state index contributed by atoms with van der Waals surface area (Å²) in [6.07, 6.45) is 2.77. The smallest absolute Gasteiger partial charge is 0.127 e. The average molecular weight is 272 g/mol. The quantitative estimate of drug-likeness (QED) is 0.904. The van der Waals surface area contributed by atoms with Gasteiger partial charge in [0.15, 0.2) is 0 Å². The third kappa shape index (κ3) is 2.92. The lowest BCUT2D eigenvalue weighted by atomic mass is 10.2. The molecule has 0 amide bonds. The third-order valence-corrected chi connectivity index (χ3v) is 4.05. The molecule has 106 valence electrons. The predicted octanol–water partition coefficient (Wildman–Crippen LogP) is 1.54. The molecule has 2 aliphatic rings. The zero-order valence-electron chi connectivity index (χ0n) is 11.8. The van der Waals surface area contributed by atoms with Gasteiger partial charge in [-0.3, -0.25) is 4.90 Å². The number of hydrogen-bond donors (Lipinski definition) is 1. The fourth-order valence-corrected chi connectivity index (χ4v) is 3.05. The summed E-state index contributed by atoms with van der Waals surface area (Å²) in [4.78, 5) is 6.93. The van der Waals surface area contributed by atoms with Gasteiger partial charge < -0.3 is 10.1 Å². The van der Waals surface area contributed by atoms with Crippen LogP contribution in [0.3, 0.4) is 0 Å². The minimum atomic E-state index is 0.206. The second-order valence-corrected chi connectivity index (χ2v) is 5.62. The summed E-state index contributed by atoms with van der Waals surface area (Å²) in [7, 11) is 0. The van der Waals surface area contributed by atoms with Crippen molar-refractivity contribution in [2.24, 2.45) is 0 Å². The predicted molar refractivity (Wildman–Crippen MR) is 76.5 cm³/mol. The standard InChI is InChI=1S/C15H20N4O/c1-11-5-12(7-16)6-15(18-11)17-8-14-9-19-4-2-3-13(19)10-20-14/h5-6,13-14H,2-4,8-10H2,1H3,(H,17,18). The molecule has 2 saturated heterocycles. The topological polar surface area (TPSA) is 61.2 Å². The Balaban J connectivity index is 1.57. The van der Waals surface area contributed by atoms with E-state index in [0.717, 1.165) is 31.2 Å². The Morgan fingerprint density at radius 1 is 1.55 bits per heavy atom. The Kier molecular flexibility index (Phi) is 3.86. The van der Waals surface area contributed by atoms with Crippen LogP contribution in [0, 0.1) is 18.3 Å². The number of fused-ring (bicyclic) bond motifs is 1. The summed E-state index contributed by atoms with van der Waals surface area (Å²) in [5, 5.41) is 12.3. The largest absolute Gasteiger partial charge is 0.373 e. The van der Waals surface area contributed by atoms with Gasteiger partial charge in [-0.1, -0.05) is 0 Å². The van der Waals surface area contributed by atoms with Crippen LogP contribution in [0.2, 0.25) is 0 Å². The SMILES string of the molecule is Cc1cc(C#N)cc(NCC2CN3CCCC3CO2)n1. The highest BCUT2D eigenvalue weighted by atomic mass is 16.5. The number of hydrogen-bond acceptors (Lipinski definition) is 5. The molecule has 3 heterocycles. The Labute approximate surface area is 119 Å². The number of aryl methyl sites for hydroxylation is 1. The average Bonchev–Trinajstić information content (AvgIpc) is 2.92. The fourth-order valence-electron chi connectivity index (χ4n) is 3.05. The minimum Gasteiger partial charge on any atom is -0.373 e. The number of anilines is 1. The van der Waals surface area contributed by atoms with Crippen molar-refractivity contribution in [2.75, 3.05) is 31.6 Å². The van der Waals surface area contributed by atoms with Crippen molar-refractivity contribution in [3.05, 3.63) is 23.4 Å². The van der Waals surface area contributed by atoms with E-state index < -0.39 is 0 Å². The van der Waals surface area contributed by atoms with Gasteiger partial charge in [0, 0.05) is 24.8 Å². The van der Waals surface area contributed by atoms with Gasteiger partial charge in [-0.15, -0.1) is 0 Å². The molecular formula is C15H20N4O. The lowest BCUT2D eigenvalue weighted by molar-refractivity contribution is -0.0416. The first-order chi connectivity index (χ1) is 9.74. The molecule has 2 aliphatic heterocycles. The zero-order chi connectivity index (χ0) is 13.9. The van der Waals surface area contributed by atoms with Crippen LogP contribution in [-0.2, 0) is 4.74 Å². The molecule has 1 N–H and O–H groups in total.